The van der Waals surface area contributed by atoms with Crippen LogP contribution in [0.1, 0.15) is 30.4 Å². The van der Waals surface area contributed by atoms with E-state index in [0.29, 0.717) is 18.9 Å². The van der Waals surface area contributed by atoms with Gasteiger partial charge in [-0.05, 0) is 56.5 Å². The molecule has 0 spiro atoms. The molecule has 0 unspecified atom stereocenters. The molecular formula is C23H26NO3. The minimum atomic E-state index is 0.569. The third-order valence-electron chi connectivity index (χ3n) is 4.28. The Hall–Kier alpha value is -2.59. The van der Waals surface area contributed by atoms with Gasteiger partial charge in [-0.2, -0.15) is 0 Å². The molecule has 1 heterocycles. The van der Waals surface area contributed by atoms with Crippen LogP contribution in [0, 0.1) is 13.5 Å². The summed E-state index contributed by atoms with van der Waals surface area (Å²) in [5.41, 5.74) is 3.21. The van der Waals surface area contributed by atoms with Crippen molar-refractivity contribution in [2.24, 2.45) is 0 Å². The fraction of sp³-hybridized carbons (Fsp3) is 0.304. The fourth-order valence-electron chi connectivity index (χ4n) is 2.81. The van der Waals surface area contributed by atoms with Gasteiger partial charge in [-0.15, -0.1) is 0 Å². The van der Waals surface area contributed by atoms with Gasteiger partial charge in [0.05, 0.1) is 18.9 Å². The average molecular weight is 364 g/mol. The van der Waals surface area contributed by atoms with E-state index in [-0.39, 0.29) is 0 Å². The summed E-state index contributed by atoms with van der Waals surface area (Å²) in [6.07, 6.45) is 2.61. The van der Waals surface area contributed by atoms with E-state index in [1.807, 2.05) is 62.9 Å². The smallest absolute Gasteiger partial charge is 0.226 e. The van der Waals surface area contributed by atoms with Crippen LogP contribution < -0.4 is 4.74 Å². The summed E-state index contributed by atoms with van der Waals surface area (Å²) in [6.45, 7) is 7.10. The standard InChI is InChI=1S/C23H26NO3/c1-3-25-16-7-8-19-11-13-21(14-12-19)26-17-15-22-18(2)27-23(24-22)20-9-5-4-6-10-20/h4-6,9-14,16H,3,7-8,15,17H2,1-2H3. The number of oxazole rings is 1. The van der Waals surface area contributed by atoms with Gasteiger partial charge in [-0.3, -0.25) is 0 Å². The topological polar surface area (TPSA) is 44.5 Å². The van der Waals surface area contributed by atoms with Crippen molar-refractivity contribution in [3.05, 3.63) is 78.2 Å². The second-order valence-corrected chi connectivity index (χ2v) is 6.29. The third-order valence-corrected chi connectivity index (χ3v) is 4.28. The lowest BCUT2D eigenvalue weighted by atomic mass is 10.1. The highest BCUT2D eigenvalue weighted by molar-refractivity contribution is 5.53. The normalized spacial score (nSPS) is 10.9. The summed E-state index contributed by atoms with van der Waals surface area (Å²) in [5.74, 6) is 2.38. The van der Waals surface area contributed by atoms with Gasteiger partial charge in [-0.25, -0.2) is 4.98 Å². The Morgan fingerprint density at radius 1 is 1.00 bits per heavy atom. The van der Waals surface area contributed by atoms with E-state index < -0.39 is 0 Å². The zero-order chi connectivity index (χ0) is 18.9. The number of hydrogen-bond acceptors (Lipinski definition) is 4. The van der Waals surface area contributed by atoms with Gasteiger partial charge in [0.1, 0.15) is 11.5 Å². The summed E-state index contributed by atoms with van der Waals surface area (Å²) >= 11 is 0. The summed E-state index contributed by atoms with van der Waals surface area (Å²) in [5, 5.41) is 0. The second-order valence-electron chi connectivity index (χ2n) is 6.29. The summed E-state index contributed by atoms with van der Waals surface area (Å²) in [4.78, 5) is 4.61. The Labute approximate surface area is 161 Å². The number of ether oxygens (including phenoxy) is 2. The molecule has 0 amide bonds. The molecule has 0 aliphatic carbocycles. The number of nitrogens with zero attached hydrogens (tertiary/aromatic N) is 1. The highest BCUT2D eigenvalue weighted by Crippen LogP contribution is 2.22. The van der Waals surface area contributed by atoms with Crippen molar-refractivity contribution in [1.82, 2.24) is 4.98 Å². The summed E-state index contributed by atoms with van der Waals surface area (Å²) in [6, 6.07) is 18.2. The van der Waals surface area contributed by atoms with Crippen LogP contribution in [0.25, 0.3) is 11.5 Å². The molecule has 2 aromatic carbocycles. The lowest BCUT2D eigenvalue weighted by Gasteiger charge is -2.07. The molecule has 4 heteroatoms. The van der Waals surface area contributed by atoms with Crippen molar-refractivity contribution < 1.29 is 13.9 Å². The first-order chi connectivity index (χ1) is 13.3. The number of aryl methyl sites for hydroxylation is 2. The Kier molecular flexibility index (Phi) is 7.05. The lowest BCUT2D eigenvalue weighted by Crippen LogP contribution is -2.02. The van der Waals surface area contributed by atoms with Gasteiger partial charge in [0, 0.05) is 18.6 Å². The maximum absolute atomic E-state index is 5.86. The van der Waals surface area contributed by atoms with Crippen LogP contribution >= 0.6 is 0 Å². The molecule has 0 saturated carbocycles. The van der Waals surface area contributed by atoms with Crippen molar-refractivity contribution in [2.45, 2.75) is 33.1 Å². The third kappa shape index (κ3) is 5.69. The van der Waals surface area contributed by atoms with Crippen LogP contribution in [0.5, 0.6) is 5.75 Å². The first-order valence-electron chi connectivity index (χ1n) is 9.43. The van der Waals surface area contributed by atoms with Crippen LogP contribution in [0.15, 0.2) is 59.0 Å². The molecular weight excluding hydrogens is 338 g/mol. The monoisotopic (exact) mass is 364 g/mol. The van der Waals surface area contributed by atoms with Gasteiger partial charge in [-0.1, -0.05) is 30.3 Å². The van der Waals surface area contributed by atoms with E-state index in [4.69, 9.17) is 13.9 Å². The van der Waals surface area contributed by atoms with Crippen molar-refractivity contribution >= 4 is 0 Å². The average Bonchev–Trinajstić information content (AvgIpc) is 3.08. The van der Waals surface area contributed by atoms with Gasteiger partial charge >= 0.3 is 0 Å². The van der Waals surface area contributed by atoms with Gasteiger partial charge in [0.25, 0.3) is 0 Å². The number of aromatic nitrogens is 1. The quantitative estimate of drug-likeness (QED) is 0.452. The van der Waals surface area contributed by atoms with Crippen LogP contribution in [0.2, 0.25) is 0 Å². The Bertz CT molecular complexity index is 809. The highest BCUT2D eigenvalue weighted by atomic mass is 16.5. The van der Waals surface area contributed by atoms with E-state index in [1.54, 1.807) is 0 Å². The molecule has 1 radical (unpaired) electrons. The van der Waals surface area contributed by atoms with E-state index in [0.717, 1.165) is 42.2 Å². The molecule has 0 aliphatic rings. The zero-order valence-electron chi connectivity index (χ0n) is 16.0. The fourth-order valence-corrected chi connectivity index (χ4v) is 2.81. The van der Waals surface area contributed by atoms with Crippen molar-refractivity contribution in [1.29, 1.82) is 0 Å². The molecule has 27 heavy (non-hydrogen) atoms. The van der Waals surface area contributed by atoms with Crippen molar-refractivity contribution in [2.75, 3.05) is 13.2 Å². The summed E-state index contributed by atoms with van der Waals surface area (Å²) in [7, 11) is 0. The molecule has 141 valence electrons. The molecule has 0 fully saturated rings. The van der Waals surface area contributed by atoms with E-state index >= 15 is 0 Å². The molecule has 4 nitrogen and oxygen atoms in total. The van der Waals surface area contributed by atoms with Gasteiger partial charge < -0.3 is 13.9 Å². The molecule has 0 N–H and O–H groups in total. The Morgan fingerprint density at radius 2 is 1.78 bits per heavy atom. The Balaban J connectivity index is 1.48. The molecule has 1 aromatic heterocycles. The predicted molar refractivity (Wildman–Crippen MR) is 107 cm³/mol. The van der Waals surface area contributed by atoms with Gasteiger partial charge in [0.15, 0.2) is 0 Å². The van der Waals surface area contributed by atoms with Crippen molar-refractivity contribution in [3.8, 4) is 17.2 Å². The maximum atomic E-state index is 5.86. The van der Waals surface area contributed by atoms with Crippen LogP contribution in [0.3, 0.4) is 0 Å². The Morgan fingerprint density at radius 3 is 2.52 bits per heavy atom. The van der Waals surface area contributed by atoms with E-state index in [2.05, 4.69) is 17.1 Å². The van der Waals surface area contributed by atoms with Crippen molar-refractivity contribution in [3.63, 3.8) is 0 Å². The van der Waals surface area contributed by atoms with E-state index in [9.17, 15) is 0 Å². The first kappa shape index (κ1) is 19.2. The largest absolute Gasteiger partial charge is 0.493 e. The first-order valence-corrected chi connectivity index (χ1v) is 9.43. The number of benzene rings is 2. The molecule has 0 bridgehead atoms. The summed E-state index contributed by atoms with van der Waals surface area (Å²) < 4.78 is 16.9. The predicted octanol–water partition coefficient (Wildman–Crippen LogP) is 5.40. The van der Waals surface area contributed by atoms with Crippen LogP contribution in [-0.2, 0) is 17.6 Å². The molecule has 0 atom stereocenters. The molecule has 0 aliphatic heterocycles. The highest BCUT2D eigenvalue weighted by Gasteiger charge is 2.11. The molecule has 0 saturated heterocycles. The number of rotatable bonds is 10. The van der Waals surface area contributed by atoms with Gasteiger partial charge in [0.2, 0.25) is 5.89 Å². The van der Waals surface area contributed by atoms with Crippen LogP contribution in [-0.4, -0.2) is 18.2 Å². The molecule has 3 rings (SSSR count). The van der Waals surface area contributed by atoms with Crippen LogP contribution in [0.4, 0.5) is 0 Å². The SMILES string of the molecule is CCO[CH]CCc1ccc(OCCc2nc(-c3ccccc3)oc2C)cc1. The maximum Gasteiger partial charge on any atom is 0.226 e. The zero-order valence-corrected chi connectivity index (χ0v) is 16.0. The number of hydrogen-bond donors (Lipinski definition) is 0. The minimum Gasteiger partial charge on any atom is -0.493 e. The minimum absolute atomic E-state index is 0.569. The lowest BCUT2D eigenvalue weighted by molar-refractivity contribution is 0.208. The molecule has 3 aromatic rings. The van der Waals surface area contributed by atoms with E-state index in [1.165, 1.54) is 5.56 Å². The second kappa shape index (κ2) is 9.93.